The molecule has 2 aromatic heterocycles. The van der Waals surface area contributed by atoms with E-state index in [9.17, 15) is 0 Å². The molecule has 0 fully saturated rings. The number of hydrogen-bond donors (Lipinski definition) is 0. The van der Waals surface area contributed by atoms with Crippen molar-refractivity contribution < 1.29 is 0 Å². The molecule has 4 rings (SSSR count). The molecule has 4 aromatic rings. The maximum absolute atomic E-state index is 6.27. The van der Waals surface area contributed by atoms with Crippen LogP contribution in [0.25, 0.3) is 38.3 Å². The number of benzene rings is 2. The van der Waals surface area contributed by atoms with Crippen molar-refractivity contribution in [1.29, 1.82) is 0 Å². The smallest absolute Gasteiger partial charge is 0.217 e. The van der Waals surface area contributed by atoms with Crippen LogP contribution in [0.2, 0.25) is 5.28 Å². The Labute approximate surface area is 155 Å². The van der Waals surface area contributed by atoms with E-state index in [-0.39, 0.29) is 0 Å². The summed E-state index contributed by atoms with van der Waals surface area (Å²) in [6.07, 6.45) is 5.13. The molecule has 4 heteroatoms. The van der Waals surface area contributed by atoms with E-state index in [4.69, 9.17) is 11.6 Å². The number of nitrogens with zero attached hydrogens (tertiary/aromatic N) is 2. The molecular weight excluding hydrogens is 348 g/mol. The molecule has 0 unspecified atom stereocenters. The van der Waals surface area contributed by atoms with E-state index in [0.29, 0.717) is 5.28 Å². The van der Waals surface area contributed by atoms with Crippen LogP contribution in [0.5, 0.6) is 0 Å². The number of halogens is 1. The molecule has 0 radical (unpaired) electrons. The van der Waals surface area contributed by atoms with Crippen molar-refractivity contribution in [2.75, 3.05) is 0 Å². The monoisotopic (exact) mass is 364 g/mol. The van der Waals surface area contributed by atoms with E-state index in [1.54, 1.807) is 11.3 Å². The average molecular weight is 365 g/mol. The Morgan fingerprint density at radius 2 is 1.88 bits per heavy atom. The third kappa shape index (κ3) is 2.84. The van der Waals surface area contributed by atoms with E-state index in [1.807, 2.05) is 6.92 Å². The van der Waals surface area contributed by atoms with E-state index in [0.717, 1.165) is 27.9 Å². The Morgan fingerprint density at radius 1 is 1.08 bits per heavy atom. The molecule has 0 aliphatic heterocycles. The Morgan fingerprint density at radius 3 is 2.64 bits per heavy atom. The van der Waals surface area contributed by atoms with Gasteiger partial charge in [0.1, 0.15) is 0 Å². The zero-order valence-corrected chi connectivity index (χ0v) is 15.7. The van der Waals surface area contributed by atoms with E-state index >= 15 is 0 Å². The lowest BCUT2D eigenvalue weighted by molar-refractivity contribution is 1.14. The second-order valence-corrected chi connectivity index (χ2v) is 7.27. The van der Waals surface area contributed by atoms with Crippen molar-refractivity contribution in [3.63, 3.8) is 0 Å². The minimum Gasteiger partial charge on any atom is -0.217 e. The highest BCUT2D eigenvalue weighted by Crippen LogP contribution is 2.38. The minimum atomic E-state index is 0.301. The number of hydrogen-bond acceptors (Lipinski definition) is 3. The van der Waals surface area contributed by atoms with Crippen LogP contribution in [-0.4, -0.2) is 9.97 Å². The first-order chi connectivity index (χ1) is 12.2. The summed E-state index contributed by atoms with van der Waals surface area (Å²) in [7, 11) is 0. The van der Waals surface area contributed by atoms with Gasteiger partial charge in [0.05, 0.1) is 15.9 Å². The van der Waals surface area contributed by atoms with Crippen LogP contribution in [-0.2, 0) is 6.42 Å². The van der Waals surface area contributed by atoms with Gasteiger partial charge >= 0.3 is 0 Å². The molecule has 0 aliphatic rings. The molecule has 0 N–H and O–H groups in total. The number of rotatable bonds is 3. The molecule has 25 heavy (non-hydrogen) atoms. The van der Waals surface area contributed by atoms with Gasteiger partial charge in [0.15, 0.2) is 0 Å². The molecule has 0 amide bonds. The second kappa shape index (κ2) is 6.58. The summed E-state index contributed by atoms with van der Waals surface area (Å²) < 4.78 is 1.10. The Balaban J connectivity index is 2.02. The predicted octanol–water partition coefficient (Wildman–Crippen LogP) is 6.76. The molecule has 0 bridgehead atoms. The molecule has 124 valence electrons. The van der Waals surface area contributed by atoms with Gasteiger partial charge in [-0.1, -0.05) is 49.4 Å². The van der Waals surface area contributed by atoms with E-state index in [2.05, 4.69) is 71.5 Å². The first-order valence-electron chi connectivity index (χ1n) is 8.32. The highest BCUT2D eigenvalue weighted by atomic mass is 35.5. The Kier molecular flexibility index (Phi) is 4.28. The van der Waals surface area contributed by atoms with Gasteiger partial charge in [-0.2, -0.15) is 0 Å². The summed E-state index contributed by atoms with van der Waals surface area (Å²) in [5, 5.41) is 2.72. The molecule has 0 saturated heterocycles. The number of fused-ring (bicyclic) bond motifs is 2. The SMILES string of the molecule is C/C=C\c1sc2c(-c3ccc4ccccc4c3)nc(Cl)nc2c1CC. The van der Waals surface area contributed by atoms with Gasteiger partial charge in [0.2, 0.25) is 5.28 Å². The summed E-state index contributed by atoms with van der Waals surface area (Å²) in [6, 6.07) is 14.8. The fourth-order valence-electron chi connectivity index (χ4n) is 3.17. The molecular formula is C21H17ClN2S. The van der Waals surface area contributed by atoms with Crippen molar-refractivity contribution in [3.8, 4) is 11.3 Å². The van der Waals surface area contributed by atoms with Gasteiger partial charge in [-0.05, 0) is 53.4 Å². The van der Waals surface area contributed by atoms with Crippen LogP contribution in [0.3, 0.4) is 0 Å². The van der Waals surface area contributed by atoms with Crippen molar-refractivity contribution in [2.24, 2.45) is 0 Å². The van der Waals surface area contributed by atoms with Crippen molar-refractivity contribution >= 4 is 50.0 Å². The summed E-state index contributed by atoms with van der Waals surface area (Å²) in [5.74, 6) is 0. The average Bonchev–Trinajstić information content (AvgIpc) is 2.98. The molecule has 0 spiro atoms. The predicted molar refractivity (Wildman–Crippen MR) is 109 cm³/mol. The fourth-order valence-corrected chi connectivity index (χ4v) is 4.66. The summed E-state index contributed by atoms with van der Waals surface area (Å²) in [4.78, 5) is 10.3. The maximum atomic E-state index is 6.27. The molecule has 0 saturated carbocycles. The van der Waals surface area contributed by atoms with Crippen LogP contribution >= 0.6 is 22.9 Å². The number of aryl methyl sites for hydroxylation is 1. The van der Waals surface area contributed by atoms with Gasteiger partial charge in [-0.3, -0.25) is 0 Å². The Bertz CT molecular complexity index is 1110. The van der Waals surface area contributed by atoms with Crippen LogP contribution in [0.15, 0.2) is 48.5 Å². The number of aromatic nitrogens is 2. The fraction of sp³-hybridized carbons (Fsp3) is 0.143. The van der Waals surface area contributed by atoms with Gasteiger partial charge in [-0.25, -0.2) is 9.97 Å². The van der Waals surface area contributed by atoms with Crippen molar-refractivity contribution in [2.45, 2.75) is 20.3 Å². The maximum Gasteiger partial charge on any atom is 0.223 e. The lowest BCUT2D eigenvalue weighted by atomic mass is 10.0. The van der Waals surface area contributed by atoms with Crippen LogP contribution in [0.1, 0.15) is 24.3 Å². The standard InChI is InChI=1S/C21H17ClN2S/c1-3-7-17-16(4-2)19-20(25-17)18(23-21(22)24-19)15-11-10-13-8-5-6-9-14(13)12-15/h3,5-12H,4H2,1-2H3/b7-3-. The van der Waals surface area contributed by atoms with Gasteiger partial charge in [-0.15, -0.1) is 11.3 Å². The summed E-state index contributed by atoms with van der Waals surface area (Å²) >= 11 is 8.01. The highest BCUT2D eigenvalue weighted by Gasteiger charge is 2.17. The number of thiophene rings is 1. The summed E-state index contributed by atoms with van der Waals surface area (Å²) in [5.41, 5.74) is 4.20. The first-order valence-corrected chi connectivity index (χ1v) is 9.51. The number of allylic oxidation sites excluding steroid dienone is 1. The molecule has 0 atom stereocenters. The van der Waals surface area contributed by atoms with E-state index in [1.165, 1.54) is 21.2 Å². The van der Waals surface area contributed by atoms with Gasteiger partial charge in [0, 0.05) is 10.4 Å². The lowest BCUT2D eigenvalue weighted by Gasteiger charge is -2.06. The normalized spacial score (nSPS) is 11.8. The third-order valence-electron chi connectivity index (χ3n) is 4.33. The third-order valence-corrected chi connectivity index (χ3v) is 5.69. The zero-order chi connectivity index (χ0) is 17.4. The molecule has 0 aliphatic carbocycles. The van der Waals surface area contributed by atoms with Crippen LogP contribution in [0.4, 0.5) is 0 Å². The quantitative estimate of drug-likeness (QED) is 0.375. The van der Waals surface area contributed by atoms with E-state index < -0.39 is 0 Å². The van der Waals surface area contributed by atoms with Crippen molar-refractivity contribution in [3.05, 3.63) is 64.3 Å². The largest absolute Gasteiger partial charge is 0.223 e. The van der Waals surface area contributed by atoms with Crippen LogP contribution < -0.4 is 0 Å². The zero-order valence-electron chi connectivity index (χ0n) is 14.1. The molecule has 2 nitrogen and oxygen atoms in total. The highest BCUT2D eigenvalue weighted by molar-refractivity contribution is 7.20. The Hall–Kier alpha value is -2.23. The van der Waals surface area contributed by atoms with Gasteiger partial charge < -0.3 is 0 Å². The van der Waals surface area contributed by atoms with Crippen molar-refractivity contribution in [1.82, 2.24) is 9.97 Å². The van der Waals surface area contributed by atoms with Crippen LogP contribution in [0, 0.1) is 0 Å². The lowest BCUT2D eigenvalue weighted by Crippen LogP contribution is -1.91. The minimum absolute atomic E-state index is 0.301. The molecule has 2 heterocycles. The molecule has 2 aromatic carbocycles. The topological polar surface area (TPSA) is 25.8 Å². The summed E-state index contributed by atoms with van der Waals surface area (Å²) in [6.45, 7) is 4.19. The second-order valence-electron chi connectivity index (χ2n) is 5.88. The first kappa shape index (κ1) is 16.2. The van der Waals surface area contributed by atoms with Gasteiger partial charge in [0.25, 0.3) is 0 Å².